The Balaban J connectivity index is 2.60. The quantitative estimate of drug-likeness (QED) is 0.496. The Morgan fingerprint density at radius 3 is 2.75 bits per heavy atom. The lowest BCUT2D eigenvalue weighted by Gasteiger charge is -2.27. The van der Waals surface area contributed by atoms with Crippen LogP contribution in [-0.2, 0) is 4.79 Å². The number of carbonyl (C=O) groups excluding carboxylic acids is 1. The maximum absolute atomic E-state index is 11.6. The second kappa shape index (κ2) is 3.23. The molecule has 0 fully saturated rings. The van der Waals surface area contributed by atoms with Crippen molar-refractivity contribution in [1.29, 1.82) is 0 Å². The van der Waals surface area contributed by atoms with E-state index in [4.69, 9.17) is 0 Å². The van der Waals surface area contributed by atoms with Crippen molar-refractivity contribution in [3.8, 4) is 0 Å². The second-order valence-electron chi connectivity index (χ2n) is 4.26. The van der Waals surface area contributed by atoms with Gasteiger partial charge in [-0.05, 0) is 0 Å². The standard InChI is InChI=1S/C11H10N2O3/c1-11(2)6-7(13(15)16)5-8-9(14)3-4-12-10(8)11/h3-6H,1-2H3. The molecule has 0 saturated heterocycles. The highest BCUT2D eigenvalue weighted by Gasteiger charge is 2.36. The first kappa shape index (κ1) is 10.5. The number of carbonyl (C=O) groups is 1. The maximum atomic E-state index is 11.6. The minimum atomic E-state index is -0.590. The van der Waals surface area contributed by atoms with Crippen molar-refractivity contribution < 1.29 is 9.72 Å². The van der Waals surface area contributed by atoms with Gasteiger partial charge in [0.1, 0.15) is 0 Å². The summed E-state index contributed by atoms with van der Waals surface area (Å²) < 4.78 is 0. The molecule has 0 N–H and O–H groups in total. The van der Waals surface area contributed by atoms with Gasteiger partial charge in [-0.25, -0.2) is 0 Å². The van der Waals surface area contributed by atoms with E-state index in [0.717, 1.165) is 0 Å². The summed E-state index contributed by atoms with van der Waals surface area (Å²) in [5.41, 5.74) is 0.266. The molecule has 0 amide bonds. The number of nitro groups is 1. The van der Waals surface area contributed by atoms with Crippen molar-refractivity contribution in [2.45, 2.75) is 13.8 Å². The first-order valence-electron chi connectivity index (χ1n) is 4.80. The third-order valence-corrected chi connectivity index (χ3v) is 2.57. The summed E-state index contributed by atoms with van der Waals surface area (Å²) in [6, 6.07) is 0. The molecule has 1 aliphatic heterocycles. The van der Waals surface area contributed by atoms with Gasteiger partial charge in [-0.2, -0.15) is 0 Å². The van der Waals surface area contributed by atoms with E-state index in [1.54, 1.807) is 13.8 Å². The Hall–Kier alpha value is -2.04. The van der Waals surface area contributed by atoms with Crippen LogP contribution in [0.5, 0.6) is 0 Å². The van der Waals surface area contributed by atoms with Crippen LogP contribution in [0, 0.1) is 15.5 Å². The van der Waals surface area contributed by atoms with Crippen LogP contribution in [0.15, 0.2) is 40.7 Å². The molecule has 0 aromatic heterocycles. The number of ketones is 1. The predicted octanol–water partition coefficient (Wildman–Crippen LogP) is 1.65. The lowest BCUT2D eigenvalue weighted by atomic mass is 9.77. The van der Waals surface area contributed by atoms with Crippen molar-refractivity contribution in [1.82, 2.24) is 0 Å². The molecule has 0 saturated carbocycles. The third kappa shape index (κ3) is 1.50. The van der Waals surface area contributed by atoms with E-state index in [2.05, 4.69) is 4.99 Å². The maximum Gasteiger partial charge on any atom is 0.267 e. The normalized spacial score (nSPS) is 21.9. The minimum absolute atomic E-state index is 0.0531. The molecular formula is C11H10N2O3. The van der Waals surface area contributed by atoms with E-state index < -0.39 is 10.3 Å². The van der Waals surface area contributed by atoms with E-state index in [1.165, 1.54) is 24.4 Å². The Morgan fingerprint density at radius 2 is 2.12 bits per heavy atom. The van der Waals surface area contributed by atoms with Crippen molar-refractivity contribution in [3.05, 3.63) is 45.8 Å². The van der Waals surface area contributed by atoms with Gasteiger partial charge in [0.2, 0.25) is 0 Å². The minimum Gasteiger partial charge on any atom is -0.289 e. The summed E-state index contributed by atoms with van der Waals surface area (Å²) in [5.74, 6) is -0.231. The molecule has 2 rings (SSSR count). The van der Waals surface area contributed by atoms with Crippen LogP contribution >= 0.6 is 0 Å². The van der Waals surface area contributed by atoms with E-state index in [0.29, 0.717) is 11.3 Å². The SMILES string of the molecule is CC1(C)C=C([N+](=O)[O-])C=C2C(=O)C=CN=C21. The molecule has 5 nitrogen and oxygen atoms in total. The lowest BCUT2D eigenvalue weighted by Crippen LogP contribution is -2.32. The Bertz CT molecular complexity index is 507. The molecule has 5 heteroatoms. The zero-order valence-electron chi connectivity index (χ0n) is 8.93. The third-order valence-electron chi connectivity index (χ3n) is 2.57. The summed E-state index contributed by atoms with van der Waals surface area (Å²) in [4.78, 5) is 26.0. The Kier molecular flexibility index (Phi) is 2.11. The molecule has 2 aliphatic rings. The van der Waals surface area contributed by atoms with Gasteiger partial charge in [-0.1, -0.05) is 13.8 Å². The monoisotopic (exact) mass is 218 g/mol. The number of rotatable bonds is 1. The summed E-state index contributed by atoms with van der Waals surface area (Å²) in [7, 11) is 0. The van der Waals surface area contributed by atoms with Crippen LogP contribution in [0.4, 0.5) is 0 Å². The van der Waals surface area contributed by atoms with Crippen LogP contribution in [0.1, 0.15) is 13.8 Å². The van der Waals surface area contributed by atoms with Gasteiger partial charge in [0, 0.05) is 29.8 Å². The first-order valence-corrected chi connectivity index (χ1v) is 4.80. The first-order chi connectivity index (χ1) is 7.42. The molecule has 82 valence electrons. The number of hydrogen-bond acceptors (Lipinski definition) is 4. The number of hydrogen-bond donors (Lipinski definition) is 0. The number of allylic oxidation sites excluding steroid dienone is 4. The summed E-state index contributed by atoms with van der Waals surface area (Å²) >= 11 is 0. The Labute approximate surface area is 92.0 Å². The van der Waals surface area contributed by atoms with Gasteiger partial charge in [0.15, 0.2) is 5.78 Å². The lowest BCUT2D eigenvalue weighted by molar-refractivity contribution is -0.419. The topological polar surface area (TPSA) is 72.6 Å². The number of aliphatic imine (C=N–C) groups is 1. The molecule has 1 aliphatic carbocycles. The van der Waals surface area contributed by atoms with E-state index >= 15 is 0 Å². The fraction of sp³-hybridized carbons (Fsp3) is 0.273. The molecule has 0 aromatic carbocycles. The molecule has 1 heterocycles. The average Bonchev–Trinajstić information content (AvgIpc) is 2.18. The molecule has 0 spiro atoms. The van der Waals surface area contributed by atoms with Gasteiger partial charge in [0.05, 0.1) is 16.2 Å². The van der Waals surface area contributed by atoms with Crippen molar-refractivity contribution >= 4 is 11.5 Å². The number of fused-ring (bicyclic) bond motifs is 1. The summed E-state index contributed by atoms with van der Waals surface area (Å²) in [6.45, 7) is 3.60. The van der Waals surface area contributed by atoms with E-state index in [-0.39, 0.29) is 11.5 Å². The van der Waals surface area contributed by atoms with Crippen molar-refractivity contribution in [2.75, 3.05) is 0 Å². The van der Waals surface area contributed by atoms with Gasteiger partial charge in [-0.15, -0.1) is 0 Å². The zero-order valence-corrected chi connectivity index (χ0v) is 8.93. The van der Waals surface area contributed by atoms with E-state index in [1.807, 2.05) is 0 Å². The number of nitrogens with zero attached hydrogens (tertiary/aromatic N) is 2. The smallest absolute Gasteiger partial charge is 0.267 e. The highest BCUT2D eigenvalue weighted by Crippen LogP contribution is 2.33. The van der Waals surface area contributed by atoms with Crippen LogP contribution in [0.3, 0.4) is 0 Å². The van der Waals surface area contributed by atoms with E-state index in [9.17, 15) is 14.9 Å². The summed E-state index contributed by atoms with van der Waals surface area (Å²) in [5, 5.41) is 10.7. The fourth-order valence-corrected chi connectivity index (χ4v) is 1.84. The summed E-state index contributed by atoms with van der Waals surface area (Å²) in [6.07, 6.45) is 5.55. The molecule has 0 unspecified atom stereocenters. The molecule has 0 aromatic rings. The largest absolute Gasteiger partial charge is 0.289 e. The molecule has 0 bridgehead atoms. The predicted molar refractivity (Wildman–Crippen MR) is 58.5 cm³/mol. The van der Waals surface area contributed by atoms with Crippen LogP contribution in [0.2, 0.25) is 0 Å². The van der Waals surface area contributed by atoms with Gasteiger partial charge < -0.3 is 0 Å². The highest BCUT2D eigenvalue weighted by molar-refractivity contribution is 6.30. The van der Waals surface area contributed by atoms with Gasteiger partial charge >= 0.3 is 0 Å². The van der Waals surface area contributed by atoms with Crippen molar-refractivity contribution in [3.63, 3.8) is 0 Å². The molecule has 0 radical (unpaired) electrons. The van der Waals surface area contributed by atoms with Crippen molar-refractivity contribution in [2.24, 2.45) is 10.4 Å². The zero-order chi connectivity index (χ0) is 11.9. The van der Waals surface area contributed by atoms with Crippen LogP contribution < -0.4 is 0 Å². The average molecular weight is 218 g/mol. The van der Waals surface area contributed by atoms with Gasteiger partial charge in [0.25, 0.3) is 5.70 Å². The van der Waals surface area contributed by atoms with Crippen LogP contribution in [-0.4, -0.2) is 16.4 Å². The molecular weight excluding hydrogens is 208 g/mol. The van der Waals surface area contributed by atoms with Crippen LogP contribution in [0.25, 0.3) is 0 Å². The molecule has 16 heavy (non-hydrogen) atoms. The molecule has 0 atom stereocenters. The second-order valence-corrected chi connectivity index (χ2v) is 4.26. The van der Waals surface area contributed by atoms with Gasteiger partial charge in [-0.3, -0.25) is 19.9 Å². The highest BCUT2D eigenvalue weighted by atomic mass is 16.6. The fourth-order valence-electron chi connectivity index (χ4n) is 1.84. The Morgan fingerprint density at radius 1 is 1.44 bits per heavy atom.